The Balaban J connectivity index is 0. The van der Waals surface area contributed by atoms with Crippen molar-refractivity contribution in [1.82, 2.24) is 6.15 Å². The van der Waals surface area contributed by atoms with E-state index < -0.39 is 0 Å². The second-order valence-corrected chi connectivity index (χ2v) is 0. The molecular formula is C4H22Br3N. The highest BCUT2D eigenvalue weighted by Crippen LogP contribution is 0.848. The second kappa shape index (κ2) is 235. The van der Waals surface area contributed by atoms with E-state index in [0.717, 1.165) is 0 Å². The van der Waals surface area contributed by atoms with Crippen molar-refractivity contribution in [3.8, 4) is 0 Å². The van der Waals surface area contributed by atoms with E-state index in [1.807, 2.05) is 0 Å². The number of rotatable bonds is 0. The Morgan fingerprint density at radius 3 is 0.375 bits per heavy atom. The molecule has 4 heteroatoms. The molecule has 0 aromatic heterocycles. The first-order valence-corrected chi connectivity index (χ1v) is 0. The lowest BCUT2D eigenvalue weighted by atomic mass is 12.0. The van der Waals surface area contributed by atoms with Crippen molar-refractivity contribution in [1.29, 1.82) is 0 Å². The molecule has 0 saturated carbocycles. The van der Waals surface area contributed by atoms with Gasteiger partial charge >= 0.3 is 0 Å². The lowest BCUT2D eigenvalue weighted by Gasteiger charge is -0.344. The van der Waals surface area contributed by atoms with Crippen LogP contribution in [0.5, 0.6) is 0 Å². The summed E-state index contributed by atoms with van der Waals surface area (Å²) in [4.78, 5) is 0. The molecule has 8 heavy (non-hydrogen) atoms. The molecule has 0 aliphatic rings. The Bertz CT molecular complexity index is 11.2. The summed E-state index contributed by atoms with van der Waals surface area (Å²) in [6, 6.07) is 0. The van der Waals surface area contributed by atoms with Gasteiger partial charge in [-0.05, 0) is 0 Å². The maximum atomic E-state index is 0. The van der Waals surface area contributed by atoms with E-state index in [1.165, 1.54) is 0 Å². The molecule has 0 aromatic carbocycles. The van der Waals surface area contributed by atoms with Gasteiger partial charge in [-0.3, -0.25) is 0 Å². The fourth-order valence-corrected chi connectivity index (χ4v) is 0. The van der Waals surface area contributed by atoms with Crippen molar-refractivity contribution >= 4 is 50.9 Å². The van der Waals surface area contributed by atoms with Gasteiger partial charge in [0.15, 0.2) is 0 Å². The van der Waals surface area contributed by atoms with Crippen molar-refractivity contribution in [3.63, 3.8) is 0 Å². The molecule has 0 bridgehead atoms. The van der Waals surface area contributed by atoms with Gasteiger partial charge in [-0.1, -0.05) is 29.7 Å². The zero-order chi connectivity index (χ0) is 0. The van der Waals surface area contributed by atoms with Gasteiger partial charge in [0.25, 0.3) is 0 Å². The number of hydrogen-bond acceptors (Lipinski definition) is 1. The van der Waals surface area contributed by atoms with Gasteiger partial charge < -0.3 is 6.15 Å². The molecule has 0 aliphatic carbocycles. The summed E-state index contributed by atoms with van der Waals surface area (Å²) in [5, 5.41) is 0. The molecule has 0 unspecified atom stereocenters. The summed E-state index contributed by atoms with van der Waals surface area (Å²) < 4.78 is 0. The minimum atomic E-state index is 0. The number of hydrogen-bond donors (Lipinski definition) is 1. The topological polar surface area (TPSA) is 35.0 Å². The van der Waals surface area contributed by atoms with Crippen molar-refractivity contribution in [3.05, 3.63) is 0 Å². The van der Waals surface area contributed by atoms with E-state index in [4.69, 9.17) is 0 Å². The molecule has 0 radical (unpaired) electrons. The molecule has 0 heterocycles. The van der Waals surface area contributed by atoms with Crippen molar-refractivity contribution in [2.24, 2.45) is 0 Å². The van der Waals surface area contributed by atoms with E-state index in [1.54, 1.807) is 0 Å². The average Bonchev–Trinajstić information content (AvgIpc) is 0. The lowest BCUT2D eigenvalue weighted by molar-refractivity contribution is 2.13. The first kappa shape index (κ1) is 338. The Labute approximate surface area is 86.5 Å². The summed E-state index contributed by atoms with van der Waals surface area (Å²) >= 11 is 0. The lowest BCUT2D eigenvalue weighted by Crippen LogP contribution is -0.481. The Hall–Kier alpha value is 1.40. The van der Waals surface area contributed by atoms with Gasteiger partial charge in [0.1, 0.15) is 0 Å². The molecule has 0 atom stereocenters. The smallest absolute Gasteiger partial charge is 0.0776 e. The maximum absolute atomic E-state index is 0. The highest BCUT2D eigenvalue weighted by Gasteiger charge is -0.0742. The van der Waals surface area contributed by atoms with Gasteiger partial charge in [-0.2, -0.15) is 0 Å². The SMILES string of the molecule is Br.Br.Br.C.C.C.C.N. The molecule has 64 valence electrons. The third-order valence-electron chi connectivity index (χ3n) is 0. The van der Waals surface area contributed by atoms with Crippen LogP contribution in [-0.4, -0.2) is 0 Å². The first-order chi connectivity index (χ1) is 0. The molecule has 0 aliphatic heterocycles. The van der Waals surface area contributed by atoms with Crippen LogP contribution < -0.4 is 6.15 Å². The quantitative estimate of drug-likeness (QED) is 0.702. The van der Waals surface area contributed by atoms with Gasteiger partial charge in [0.05, 0.1) is 0 Å². The summed E-state index contributed by atoms with van der Waals surface area (Å²) in [6.07, 6.45) is 0. The van der Waals surface area contributed by atoms with Crippen molar-refractivity contribution < 1.29 is 0 Å². The van der Waals surface area contributed by atoms with Crippen LogP contribution in [-0.2, 0) is 0 Å². The van der Waals surface area contributed by atoms with E-state index in [-0.39, 0.29) is 86.8 Å². The predicted octanol–water partition coefficient (Wildman–Crippen LogP) is 4.44. The van der Waals surface area contributed by atoms with Gasteiger partial charge in [0.2, 0.25) is 0 Å². The Kier molecular flexibility index (Phi) is 9930. The van der Waals surface area contributed by atoms with Crippen LogP contribution in [0, 0.1) is 0 Å². The highest BCUT2D eigenvalue weighted by molar-refractivity contribution is 8.93. The second-order valence-electron chi connectivity index (χ2n) is 0. The normalized spacial score (nSPS) is 0. The summed E-state index contributed by atoms with van der Waals surface area (Å²) in [6.45, 7) is 0. The van der Waals surface area contributed by atoms with E-state index in [2.05, 4.69) is 0 Å². The molecule has 0 saturated heterocycles. The largest absolute Gasteiger partial charge is 0.344 e. The average molecular weight is 324 g/mol. The standard InChI is InChI=1S/4CH4.3BrH.H3N/h4*1H4;3*1H;1H3. The van der Waals surface area contributed by atoms with E-state index >= 15 is 0 Å². The van der Waals surface area contributed by atoms with Gasteiger partial charge in [-0.15, -0.1) is 50.9 Å². The minimum absolute atomic E-state index is 0. The monoisotopic (exact) mass is 321 g/mol. The fourth-order valence-electron chi connectivity index (χ4n) is 0. The van der Waals surface area contributed by atoms with Crippen LogP contribution in [0.2, 0.25) is 0 Å². The Morgan fingerprint density at radius 2 is 0.375 bits per heavy atom. The van der Waals surface area contributed by atoms with Crippen LogP contribution in [0.3, 0.4) is 0 Å². The minimum Gasteiger partial charge on any atom is -0.344 e. The maximum Gasteiger partial charge on any atom is -0.0776 e. The summed E-state index contributed by atoms with van der Waals surface area (Å²) in [5.74, 6) is 0. The third kappa shape index (κ3) is 155. The molecule has 0 rings (SSSR count). The van der Waals surface area contributed by atoms with Gasteiger partial charge in [-0.25, -0.2) is 0 Å². The molecule has 0 amide bonds. The van der Waals surface area contributed by atoms with Crippen LogP contribution in [0.15, 0.2) is 0 Å². The zero-order valence-electron chi connectivity index (χ0n) is 1.93. The molecule has 3 N–H and O–H groups in total. The van der Waals surface area contributed by atoms with Crippen LogP contribution >= 0.6 is 50.9 Å². The van der Waals surface area contributed by atoms with E-state index in [9.17, 15) is 0 Å². The molecule has 1 nitrogen and oxygen atoms in total. The molecule has 0 aromatic rings. The van der Waals surface area contributed by atoms with Crippen LogP contribution in [0.25, 0.3) is 0 Å². The van der Waals surface area contributed by atoms with Crippen LogP contribution in [0.1, 0.15) is 29.7 Å². The molecule has 0 spiro atoms. The van der Waals surface area contributed by atoms with Crippen LogP contribution in [0.4, 0.5) is 0 Å². The number of halogens is 3. The highest BCUT2D eigenvalue weighted by atomic mass is 79.9. The summed E-state index contributed by atoms with van der Waals surface area (Å²) in [7, 11) is 0. The molecular weight excluding hydrogens is 302 g/mol. The predicted molar refractivity (Wildman–Crippen MR) is 62.9 cm³/mol. The first-order valence-electron chi connectivity index (χ1n) is 0. The Morgan fingerprint density at radius 1 is 0.375 bits per heavy atom. The van der Waals surface area contributed by atoms with Crippen molar-refractivity contribution in [2.75, 3.05) is 0 Å². The zero-order valence-corrected chi connectivity index (χ0v) is 7.07. The van der Waals surface area contributed by atoms with E-state index in [0.29, 0.717) is 0 Å². The summed E-state index contributed by atoms with van der Waals surface area (Å²) in [5.41, 5.74) is 0. The van der Waals surface area contributed by atoms with Crippen molar-refractivity contribution in [2.45, 2.75) is 29.7 Å². The fraction of sp³-hybridized carbons (Fsp3) is 1.00. The molecule has 0 fully saturated rings. The third-order valence-corrected chi connectivity index (χ3v) is 0. The van der Waals surface area contributed by atoms with Gasteiger partial charge in [0, 0.05) is 0 Å².